The highest BCUT2D eigenvalue weighted by Gasteiger charge is 2.08. The minimum Gasteiger partial charge on any atom is -0.384 e. The molecule has 0 aliphatic heterocycles. The minimum absolute atomic E-state index is 0.443. The van der Waals surface area contributed by atoms with Crippen molar-refractivity contribution in [3.05, 3.63) is 29.1 Å². The molecular formula is C11H10N4. The van der Waals surface area contributed by atoms with Crippen LogP contribution in [0.25, 0.3) is 10.9 Å². The molecular weight excluding hydrogens is 188 g/mol. The number of fused-ring (bicyclic) bond motifs is 1. The quantitative estimate of drug-likeness (QED) is 0.699. The van der Waals surface area contributed by atoms with E-state index in [1.54, 1.807) is 12.3 Å². The average Bonchev–Trinajstić information content (AvgIpc) is 2.17. The van der Waals surface area contributed by atoms with Crippen LogP contribution in [-0.2, 0) is 0 Å². The Morgan fingerprint density at radius 3 is 2.80 bits per heavy atom. The number of nitrogens with two attached hydrogens (primary N) is 1. The SMILES string of the molecule is Cc1nc2cc(N)ncc2c(C)c1C#N. The molecule has 4 heteroatoms. The molecule has 0 aliphatic rings. The van der Waals surface area contributed by atoms with E-state index in [9.17, 15) is 0 Å². The first-order chi connectivity index (χ1) is 7.13. The number of nitriles is 1. The Kier molecular flexibility index (Phi) is 2.01. The Labute approximate surface area is 87.4 Å². The zero-order valence-corrected chi connectivity index (χ0v) is 8.57. The topological polar surface area (TPSA) is 75.6 Å². The van der Waals surface area contributed by atoms with Crippen LogP contribution >= 0.6 is 0 Å². The van der Waals surface area contributed by atoms with Crippen LogP contribution < -0.4 is 5.73 Å². The molecule has 0 unspecified atom stereocenters. The fourth-order valence-electron chi connectivity index (χ4n) is 1.65. The summed E-state index contributed by atoms with van der Waals surface area (Å²) in [5.41, 5.74) is 8.63. The molecule has 0 atom stereocenters. The van der Waals surface area contributed by atoms with Crippen LogP contribution in [0.4, 0.5) is 5.82 Å². The average molecular weight is 198 g/mol. The molecule has 0 aliphatic carbocycles. The highest BCUT2D eigenvalue weighted by atomic mass is 14.8. The molecule has 74 valence electrons. The van der Waals surface area contributed by atoms with E-state index in [1.165, 1.54) is 0 Å². The van der Waals surface area contributed by atoms with Gasteiger partial charge in [0.05, 0.1) is 16.8 Å². The lowest BCUT2D eigenvalue weighted by atomic mass is 10.0. The predicted octanol–water partition coefficient (Wildman–Crippen LogP) is 1.70. The monoisotopic (exact) mass is 198 g/mol. The van der Waals surface area contributed by atoms with Gasteiger partial charge in [-0.3, -0.25) is 4.98 Å². The number of aryl methyl sites for hydroxylation is 2. The van der Waals surface area contributed by atoms with E-state index in [0.29, 0.717) is 11.4 Å². The van der Waals surface area contributed by atoms with Crippen molar-refractivity contribution >= 4 is 16.7 Å². The standard InChI is InChI=1S/C11H10N4/c1-6-8(4-12)7(2)15-10-3-11(13)14-5-9(6)10/h3,5H,1-2H3,(H2,13,14). The molecule has 0 saturated carbocycles. The van der Waals surface area contributed by atoms with Gasteiger partial charge in [0.2, 0.25) is 0 Å². The molecule has 2 aromatic rings. The first-order valence-corrected chi connectivity index (χ1v) is 4.56. The van der Waals surface area contributed by atoms with Gasteiger partial charge in [-0.25, -0.2) is 4.98 Å². The molecule has 2 N–H and O–H groups in total. The molecule has 0 bridgehead atoms. The Bertz CT molecular complexity index is 581. The zero-order valence-electron chi connectivity index (χ0n) is 8.57. The summed E-state index contributed by atoms with van der Waals surface area (Å²) in [5, 5.41) is 9.86. The van der Waals surface area contributed by atoms with E-state index >= 15 is 0 Å². The molecule has 2 aromatic heterocycles. The maximum absolute atomic E-state index is 8.98. The lowest BCUT2D eigenvalue weighted by Gasteiger charge is -2.06. The second kappa shape index (κ2) is 3.21. The largest absolute Gasteiger partial charge is 0.384 e. The Hall–Kier alpha value is -2.15. The molecule has 0 amide bonds. The summed E-state index contributed by atoms with van der Waals surface area (Å²) >= 11 is 0. The van der Waals surface area contributed by atoms with E-state index in [0.717, 1.165) is 22.2 Å². The third-order valence-electron chi connectivity index (χ3n) is 2.44. The molecule has 15 heavy (non-hydrogen) atoms. The number of hydrogen-bond donors (Lipinski definition) is 1. The van der Waals surface area contributed by atoms with Crippen molar-refractivity contribution in [2.24, 2.45) is 0 Å². The number of anilines is 1. The van der Waals surface area contributed by atoms with E-state index in [2.05, 4.69) is 16.0 Å². The smallest absolute Gasteiger partial charge is 0.125 e. The van der Waals surface area contributed by atoms with Gasteiger partial charge in [-0.1, -0.05) is 0 Å². The molecule has 0 aromatic carbocycles. The van der Waals surface area contributed by atoms with Gasteiger partial charge in [0, 0.05) is 17.6 Å². The van der Waals surface area contributed by atoms with Crippen molar-refractivity contribution in [2.45, 2.75) is 13.8 Å². The van der Waals surface area contributed by atoms with Gasteiger partial charge < -0.3 is 5.73 Å². The van der Waals surface area contributed by atoms with Crippen molar-refractivity contribution in [3.8, 4) is 6.07 Å². The van der Waals surface area contributed by atoms with Crippen LogP contribution in [0, 0.1) is 25.2 Å². The van der Waals surface area contributed by atoms with Gasteiger partial charge in [-0.15, -0.1) is 0 Å². The van der Waals surface area contributed by atoms with E-state index < -0.39 is 0 Å². The second-order valence-electron chi connectivity index (χ2n) is 3.44. The number of pyridine rings is 2. The normalized spacial score (nSPS) is 10.2. The van der Waals surface area contributed by atoms with Crippen molar-refractivity contribution in [1.29, 1.82) is 5.26 Å². The van der Waals surface area contributed by atoms with Gasteiger partial charge >= 0.3 is 0 Å². The molecule has 0 spiro atoms. The lowest BCUT2D eigenvalue weighted by molar-refractivity contribution is 1.19. The summed E-state index contributed by atoms with van der Waals surface area (Å²) in [6.45, 7) is 3.72. The zero-order chi connectivity index (χ0) is 11.0. The van der Waals surface area contributed by atoms with Crippen LogP contribution in [0.5, 0.6) is 0 Å². The van der Waals surface area contributed by atoms with E-state index in [-0.39, 0.29) is 0 Å². The maximum Gasteiger partial charge on any atom is 0.125 e. The van der Waals surface area contributed by atoms with Gasteiger partial charge in [0.25, 0.3) is 0 Å². The van der Waals surface area contributed by atoms with Crippen LogP contribution in [0.2, 0.25) is 0 Å². The van der Waals surface area contributed by atoms with Crippen LogP contribution in [0.3, 0.4) is 0 Å². The minimum atomic E-state index is 0.443. The first kappa shape index (κ1) is 9.41. The third kappa shape index (κ3) is 1.38. The van der Waals surface area contributed by atoms with Gasteiger partial charge in [-0.05, 0) is 19.4 Å². The summed E-state index contributed by atoms with van der Waals surface area (Å²) in [5.74, 6) is 0.443. The Morgan fingerprint density at radius 2 is 2.13 bits per heavy atom. The highest BCUT2D eigenvalue weighted by Crippen LogP contribution is 2.22. The Morgan fingerprint density at radius 1 is 1.40 bits per heavy atom. The van der Waals surface area contributed by atoms with Gasteiger partial charge in [-0.2, -0.15) is 5.26 Å². The third-order valence-corrected chi connectivity index (χ3v) is 2.44. The van der Waals surface area contributed by atoms with Crippen molar-refractivity contribution in [2.75, 3.05) is 5.73 Å². The van der Waals surface area contributed by atoms with Crippen molar-refractivity contribution in [1.82, 2.24) is 9.97 Å². The number of rotatable bonds is 0. The summed E-state index contributed by atoms with van der Waals surface area (Å²) in [7, 11) is 0. The summed E-state index contributed by atoms with van der Waals surface area (Å²) < 4.78 is 0. The van der Waals surface area contributed by atoms with Gasteiger partial charge in [0.15, 0.2) is 0 Å². The number of hydrogen-bond acceptors (Lipinski definition) is 4. The molecule has 0 radical (unpaired) electrons. The fraction of sp³-hybridized carbons (Fsp3) is 0.182. The summed E-state index contributed by atoms with van der Waals surface area (Å²) in [6, 6.07) is 3.87. The second-order valence-corrected chi connectivity index (χ2v) is 3.44. The molecule has 2 heterocycles. The molecule has 2 rings (SSSR count). The van der Waals surface area contributed by atoms with E-state index in [4.69, 9.17) is 11.0 Å². The lowest BCUT2D eigenvalue weighted by Crippen LogP contribution is -1.97. The first-order valence-electron chi connectivity index (χ1n) is 4.56. The number of nitrogen functional groups attached to an aromatic ring is 1. The van der Waals surface area contributed by atoms with Crippen LogP contribution in [-0.4, -0.2) is 9.97 Å². The van der Waals surface area contributed by atoms with Crippen molar-refractivity contribution in [3.63, 3.8) is 0 Å². The molecule has 0 fully saturated rings. The maximum atomic E-state index is 8.98. The summed E-state index contributed by atoms with van der Waals surface area (Å²) in [6.07, 6.45) is 1.66. The van der Waals surface area contributed by atoms with Crippen molar-refractivity contribution < 1.29 is 0 Å². The van der Waals surface area contributed by atoms with Gasteiger partial charge in [0.1, 0.15) is 11.9 Å². The molecule has 4 nitrogen and oxygen atoms in total. The number of nitrogens with zero attached hydrogens (tertiary/aromatic N) is 3. The van der Waals surface area contributed by atoms with Crippen LogP contribution in [0.15, 0.2) is 12.3 Å². The van der Waals surface area contributed by atoms with Crippen LogP contribution in [0.1, 0.15) is 16.8 Å². The highest BCUT2D eigenvalue weighted by molar-refractivity contribution is 5.85. The number of aromatic nitrogens is 2. The summed E-state index contributed by atoms with van der Waals surface area (Å²) in [4.78, 5) is 8.33. The fourth-order valence-corrected chi connectivity index (χ4v) is 1.65. The van der Waals surface area contributed by atoms with E-state index in [1.807, 2.05) is 13.8 Å². The predicted molar refractivity (Wildman–Crippen MR) is 58.1 cm³/mol. The Balaban J connectivity index is 2.92. The molecule has 0 saturated heterocycles.